The Bertz CT molecular complexity index is 792. The number of hydrogen-bond donors (Lipinski definition) is 0. The summed E-state index contributed by atoms with van der Waals surface area (Å²) >= 11 is 3.03. The molecular weight excluding hydrogens is 316 g/mol. The van der Waals surface area contributed by atoms with E-state index in [2.05, 4.69) is 6.92 Å². The molecule has 0 saturated heterocycles. The number of rotatable bonds is 4. The lowest BCUT2D eigenvalue weighted by Crippen LogP contribution is -2.23. The minimum atomic E-state index is 0.0607. The van der Waals surface area contributed by atoms with Crippen LogP contribution in [0.4, 0.5) is 0 Å². The molecule has 3 rings (SSSR count). The van der Waals surface area contributed by atoms with Crippen molar-refractivity contribution in [1.29, 1.82) is 0 Å². The van der Waals surface area contributed by atoms with Crippen LogP contribution in [0, 0.1) is 5.92 Å². The fourth-order valence-electron chi connectivity index (χ4n) is 2.96. The van der Waals surface area contributed by atoms with Gasteiger partial charge in [0.05, 0.1) is 11.1 Å². The van der Waals surface area contributed by atoms with Crippen LogP contribution in [-0.4, -0.2) is 21.1 Å². The summed E-state index contributed by atoms with van der Waals surface area (Å²) in [4.78, 5) is 31.0. The summed E-state index contributed by atoms with van der Waals surface area (Å²) in [6, 6.07) is 0. The Hall–Kier alpha value is -1.14. The van der Waals surface area contributed by atoms with Crippen molar-refractivity contribution in [2.75, 3.05) is 5.75 Å². The molecule has 0 fully saturated rings. The summed E-state index contributed by atoms with van der Waals surface area (Å²) in [5.74, 6) is 1.14. The summed E-state index contributed by atoms with van der Waals surface area (Å²) in [6.45, 7) is 6.36. The largest absolute Gasteiger partial charge is 0.299 e. The third kappa shape index (κ3) is 2.74. The highest BCUT2D eigenvalue weighted by atomic mass is 32.2. The summed E-state index contributed by atoms with van der Waals surface area (Å²) < 4.78 is 1.71. The van der Waals surface area contributed by atoms with E-state index in [0.29, 0.717) is 23.4 Å². The molecule has 0 aromatic carbocycles. The van der Waals surface area contributed by atoms with Gasteiger partial charge in [-0.25, -0.2) is 4.98 Å². The van der Waals surface area contributed by atoms with Crippen LogP contribution in [0.5, 0.6) is 0 Å². The van der Waals surface area contributed by atoms with Crippen LogP contribution in [0.25, 0.3) is 10.2 Å². The van der Waals surface area contributed by atoms with Crippen molar-refractivity contribution in [3.8, 4) is 0 Å². The molecule has 0 radical (unpaired) electrons. The molecule has 22 heavy (non-hydrogen) atoms. The van der Waals surface area contributed by atoms with Gasteiger partial charge in [-0.3, -0.25) is 14.2 Å². The molecular formula is C16H20N2O2S2. The zero-order valence-electron chi connectivity index (χ0n) is 13.1. The second kappa shape index (κ2) is 6.16. The number of Topliss-reactive ketones (excluding diaryl/α,β-unsaturated/α-hetero) is 1. The maximum atomic E-state index is 12.9. The van der Waals surface area contributed by atoms with E-state index >= 15 is 0 Å². The fraction of sp³-hybridized carbons (Fsp3) is 0.562. The van der Waals surface area contributed by atoms with E-state index < -0.39 is 0 Å². The molecule has 1 atom stereocenters. The van der Waals surface area contributed by atoms with Crippen molar-refractivity contribution in [1.82, 2.24) is 9.55 Å². The number of thioether (sulfide) groups is 1. The second-order valence-electron chi connectivity index (χ2n) is 5.97. The van der Waals surface area contributed by atoms with Gasteiger partial charge in [0.15, 0.2) is 5.16 Å². The van der Waals surface area contributed by atoms with Gasteiger partial charge in [0.2, 0.25) is 0 Å². The molecule has 1 aliphatic carbocycles. The molecule has 0 amide bonds. The van der Waals surface area contributed by atoms with Crippen LogP contribution in [-0.2, 0) is 24.2 Å². The Morgan fingerprint density at radius 2 is 2.27 bits per heavy atom. The SMILES string of the molecule is CCn1c(SCC(C)=O)nc2sc3c(c2c1=O)CC[C@@H](C)C3. The topological polar surface area (TPSA) is 52.0 Å². The Morgan fingerprint density at radius 1 is 1.50 bits per heavy atom. The van der Waals surface area contributed by atoms with Crippen LogP contribution in [0.1, 0.15) is 37.6 Å². The van der Waals surface area contributed by atoms with Crippen molar-refractivity contribution >= 4 is 39.1 Å². The molecule has 0 aliphatic heterocycles. The van der Waals surface area contributed by atoms with Crippen molar-refractivity contribution in [3.63, 3.8) is 0 Å². The number of carbonyl (C=O) groups excluding carboxylic acids is 1. The number of aryl methyl sites for hydroxylation is 1. The van der Waals surface area contributed by atoms with E-state index in [1.54, 1.807) is 22.8 Å². The Balaban J connectivity index is 2.15. The number of carbonyl (C=O) groups is 1. The van der Waals surface area contributed by atoms with E-state index in [-0.39, 0.29) is 11.3 Å². The summed E-state index contributed by atoms with van der Waals surface area (Å²) in [5, 5.41) is 1.49. The standard InChI is InChI=1S/C16H20N2O2S2/c1-4-18-15(20)13-11-6-5-9(2)7-12(11)22-14(13)17-16(18)21-8-10(3)19/h9H,4-8H2,1-3H3/t9-/m1/s1. The number of nitrogens with zero attached hydrogens (tertiary/aromatic N) is 2. The summed E-state index contributed by atoms with van der Waals surface area (Å²) in [5.41, 5.74) is 1.28. The van der Waals surface area contributed by atoms with Crippen LogP contribution in [0.2, 0.25) is 0 Å². The molecule has 4 nitrogen and oxygen atoms in total. The van der Waals surface area contributed by atoms with Crippen molar-refractivity contribution < 1.29 is 4.79 Å². The summed E-state index contributed by atoms with van der Waals surface area (Å²) in [6.07, 6.45) is 3.18. The first-order valence-electron chi connectivity index (χ1n) is 7.68. The molecule has 0 unspecified atom stereocenters. The quantitative estimate of drug-likeness (QED) is 0.635. The predicted molar refractivity (Wildman–Crippen MR) is 92.1 cm³/mol. The molecule has 0 N–H and O–H groups in total. The van der Waals surface area contributed by atoms with Gasteiger partial charge in [-0.1, -0.05) is 18.7 Å². The lowest BCUT2D eigenvalue weighted by molar-refractivity contribution is -0.114. The molecule has 0 saturated carbocycles. The molecule has 0 bridgehead atoms. The zero-order valence-corrected chi connectivity index (χ0v) is 14.8. The minimum Gasteiger partial charge on any atom is -0.299 e. The zero-order chi connectivity index (χ0) is 15.9. The molecule has 0 spiro atoms. The first-order chi connectivity index (χ1) is 10.5. The van der Waals surface area contributed by atoms with Gasteiger partial charge in [-0.2, -0.15) is 0 Å². The van der Waals surface area contributed by atoms with Crippen molar-refractivity contribution in [2.45, 2.75) is 51.7 Å². The molecule has 2 heterocycles. The highest BCUT2D eigenvalue weighted by Crippen LogP contribution is 2.36. The monoisotopic (exact) mass is 336 g/mol. The molecule has 2 aromatic rings. The van der Waals surface area contributed by atoms with Gasteiger partial charge in [-0.05, 0) is 44.6 Å². The first-order valence-corrected chi connectivity index (χ1v) is 9.48. The van der Waals surface area contributed by atoms with Gasteiger partial charge in [0, 0.05) is 11.4 Å². The Labute approximate surface area is 137 Å². The lowest BCUT2D eigenvalue weighted by Gasteiger charge is -2.17. The second-order valence-corrected chi connectivity index (χ2v) is 7.99. The highest BCUT2D eigenvalue weighted by Gasteiger charge is 2.24. The van der Waals surface area contributed by atoms with Crippen LogP contribution in [0.3, 0.4) is 0 Å². The van der Waals surface area contributed by atoms with Gasteiger partial charge in [0.1, 0.15) is 10.6 Å². The number of fused-ring (bicyclic) bond motifs is 3. The Morgan fingerprint density at radius 3 is 2.95 bits per heavy atom. The fourth-order valence-corrected chi connectivity index (χ4v) is 5.25. The first kappa shape index (κ1) is 15.7. The number of ketones is 1. The van der Waals surface area contributed by atoms with E-state index in [9.17, 15) is 9.59 Å². The highest BCUT2D eigenvalue weighted by molar-refractivity contribution is 7.99. The number of aromatic nitrogens is 2. The summed E-state index contributed by atoms with van der Waals surface area (Å²) in [7, 11) is 0. The average molecular weight is 336 g/mol. The van der Waals surface area contributed by atoms with E-state index in [4.69, 9.17) is 4.98 Å². The maximum Gasteiger partial charge on any atom is 0.263 e. The van der Waals surface area contributed by atoms with Crippen molar-refractivity contribution in [3.05, 3.63) is 20.8 Å². The van der Waals surface area contributed by atoms with Gasteiger partial charge >= 0.3 is 0 Å². The van der Waals surface area contributed by atoms with E-state index in [1.165, 1.54) is 22.2 Å². The van der Waals surface area contributed by atoms with Gasteiger partial charge < -0.3 is 0 Å². The van der Waals surface area contributed by atoms with Crippen LogP contribution in [0.15, 0.2) is 9.95 Å². The lowest BCUT2D eigenvalue weighted by atomic mass is 9.89. The van der Waals surface area contributed by atoms with Gasteiger partial charge in [-0.15, -0.1) is 11.3 Å². The average Bonchev–Trinajstić information content (AvgIpc) is 2.82. The molecule has 1 aliphatic rings. The van der Waals surface area contributed by atoms with Gasteiger partial charge in [0.25, 0.3) is 5.56 Å². The molecule has 118 valence electrons. The van der Waals surface area contributed by atoms with Crippen LogP contribution < -0.4 is 5.56 Å². The minimum absolute atomic E-state index is 0.0607. The maximum absolute atomic E-state index is 12.9. The van der Waals surface area contributed by atoms with Crippen molar-refractivity contribution in [2.24, 2.45) is 5.92 Å². The molecule has 2 aromatic heterocycles. The number of hydrogen-bond acceptors (Lipinski definition) is 5. The number of thiophene rings is 1. The molecule has 6 heteroatoms. The third-order valence-electron chi connectivity index (χ3n) is 4.10. The predicted octanol–water partition coefficient (Wildman–Crippen LogP) is 3.28. The van der Waals surface area contributed by atoms with E-state index in [1.807, 2.05) is 6.92 Å². The Kier molecular flexibility index (Phi) is 4.41. The van der Waals surface area contributed by atoms with E-state index in [0.717, 1.165) is 29.5 Å². The normalized spacial score (nSPS) is 17.7. The van der Waals surface area contributed by atoms with Crippen LogP contribution >= 0.6 is 23.1 Å². The third-order valence-corrected chi connectivity index (χ3v) is 6.37. The smallest absolute Gasteiger partial charge is 0.263 e.